The molecule has 0 saturated carbocycles. The van der Waals surface area contributed by atoms with Crippen LogP contribution < -0.4 is 9.47 Å². The van der Waals surface area contributed by atoms with E-state index in [0.717, 1.165) is 17.7 Å². The Morgan fingerprint density at radius 3 is 2.50 bits per heavy atom. The molecular formula is C19H22O3. The lowest BCUT2D eigenvalue weighted by Gasteiger charge is -2.12. The predicted octanol–water partition coefficient (Wildman–Crippen LogP) is 4.45. The van der Waals surface area contributed by atoms with Gasteiger partial charge in [0.25, 0.3) is 0 Å². The zero-order chi connectivity index (χ0) is 15.9. The fourth-order valence-electron chi connectivity index (χ4n) is 2.23. The number of carbonyl (C=O) groups is 1. The van der Waals surface area contributed by atoms with Gasteiger partial charge in [0.2, 0.25) is 0 Å². The maximum Gasteiger partial charge on any atom is 0.310 e. The monoisotopic (exact) mass is 298 g/mol. The molecule has 0 aliphatic rings. The van der Waals surface area contributed by atoms with E-state index in [1.54, 1.807) is 13.0 Å². The zero-order valence-electron chi connectivity index (χ0n) is 13.4. The zero-order valence-corrected chi connectivity index (χ0v) is 13.4. The summed E-state index contributed by atoms with van der Waals surface area (Å²) < 4.78 is 11.2. The van der Waals surface area contributed by atoms with Gasteiger partial charge in [0, 0.05) is 12.0 Å². The van der Waals surface area contributed by atoms with Crippen LogP contribution in [-0.2, 0) is 17.8 Å². The van der Waals surface area contributed by atoms with Gasteiger partial charge < -0.3 is 9.47 Å². The highest BCUT2D eigenvalue weighted by atomic mass is 16.5. The van der Waals surface area contributed by atoms with Crippen LogP contribution in [0.25, 0.3) is 0 Å². The van der Waals surface area contributed by atoms with E-state index in [0.29, 0.717) is 18.8 Å². The van der Waals surface area contributed by atoms with Gasteiger partial charge >= 0.3 is 5.97 Å². The first-order valence-electron chi connectivity index (χ1n) is 7.65. The van der Waals surface area contributed by atoms with Crippen LogP contribution in [0.1, 0.15) is 37.0 Å². The maximum atomic E-state index is 11.5. The molecule has 22 heavy (non-hydrogen) atoms. The van der Waals surface area contributed by atoms with Gasteiger partial charge in [-0.3, -0.25) is 4.79 Å². The summed E-state index contributed by atoms with van der Waals surface area (Å²) in [6.07, 6.45) is 1.37. The average molecular weight is 298 g/mol. The molecule has 2 rings (SSSR count). The van der Waals surface area contributed by atoms with Gasteiger partial charge in [0.1, 0.15) is 18.1 Å². The molecule has 3 nitrogen and oxygen atoms in total. The number of aryl methyl sites for hydroxylation is 2. The molecule has 0 amide bonds. The molecule has 0 aliphatic heterocycles. The van der Waals surface area contributed by atoms with Crippen molar-refractivity contribution in [2.24, 2.45) is 0 Å². The summed E-state index contributed by atoms with van der Waals surface area (Å²) in [4.78, 5) is 11.5. The van der Waals surface area contributed by atoms with Gasteiger partial charge in [-0.1, -0.05) is 38.1 Å². The lowest BCUT2D eigenvalue weighted by atomic mass is 10.1. The standard InChI is InChI=1S/C19H22O3/c1-4-15-10-11-17(12-14(15)3)21-13-16-8-6-7-9-18(16)22-19(20)5-2/h6-12H,4-5,13H2,1-3H3. The number of carbonyl (C=O) groups excluding carboxylic acids is 1. The Balaban J connectivity index is 2.08. The van der Waals surface area contributed by atoms with E-state index in [9.17, 15) is 4.79 Å². The number of rotatable bonds is 6. The summed E-state index contributed by atoms with van der Waals surface area (Å²) in [5.41, 5.74) is 3.41. The highest BCUT2D eigenvalue weighted by Crippen LogP contribution is 2.23. The fourth-order valence-corrected chi connectivity index (χ4v) is 2.23. The third-order valence-electron chi connectivity index (χ3n) is 3.57. The van der Waals surface area contributed by atoms with Crippen LogP contribution in [0.2, 0.25) is 0 Å². The van der Waals surface area contributed by atoms with Crippen LogP contribution in [-0.4, -0.2) is 5.97 Å². The van der Waals surface area contributed by atoms with E-state index in [4.69, 9.17) is 9.47 Å². The number of hydrogen-bond donors (Lipinski definition) is 0. The van der Waals surface area contributed by atoms with Gasteiger partial charge in [-0.25, -0.2) is 0 Å². The van der Waals surface area contributed by atoms with Gasteiger partial charge in [-0.15, -0.1) is 0 Å². The van der Waals surface area contributed by atoms with E-state index in [2.05, 4.69) is 19.9 Å². The average Bonchev–Trinajstić information content (AvgIpc) is 2.54. The van der Waals surface area contributed by atoms with Crippen molar-refractivity contribution >= 4 is 5.97 Å². The highest BCUT2D eigenvalue weighted by molar-refractivity contribution is 5.72. The quantitative estimate of drug-likeness (QED) is 0.584. The van der Waals surface area contributed by atoms with Crippen molar-refractivity contribution in [3.63, 3.8) is 0 Å². The largest absolute Gasteiger partial charge is 0.489 e. The molecule has 2 aromatic rings. The second-order valence-electron chi connectivity index (χ2n) is 5.17. The number of ether oxygens (including phenoxy) is 2. The predicted molar refractivity (Wildman–Crippen MR) is 87.3 cm³/mol. The topological polar surface area (TPSA) is 35.5 Å². The highest BCUT2D eigenvalue weighted by Gasteiger charge is 2.08. The summed E-state index contributed by atoms with van der Waals surface area (Å²) in [5.74, 6) is 1.15. The van der Waals surface area contributed by atoms with Crippen molar-refractivity contribution < 1.29 is 14.3 Å². The summed E-state index contributed by atoms with van der Waals surface area (Å²) in [5, 5.41) is 0. The minimum atomic E-state index is -0.240. The lowest BCUT2D eigenvalue weighted by Crippen LogP contribution is -2.08. The SMILES string of the molecule is CCC(=O)Oc1ccccc1COc1ccc(CC)c(C)c1. The summed E-state index contributed by atoms with van der Waals surface area (Å²) in [6.45, 7) is 6.38. The summed E-state index contributed by atoms with van der Waals surface area (Å²) in [7, 11) is 0. The maximum absolute atomic E-state index is 11.5. The number of benzene rings is 2. The Morgan fingerprint density at radius 1 is 1.05 bits per heavy atom. The number of hydrogen-bond acceptors (Lipinski definition) is 3. The van der Waals surface area contributed by atoms with Crippen LogP contribution >= 0.6 is 0 Å². The smallest absolute Gasteiger partial charge is 0.310 e. The van der Waals surface area contributed by atoms with Crippen LogP contribution in [0.15, 0.2) is 42.5 Å². The summed E-state index contributed by atoms with van der Waals surface area (Å²) >= 11 is 0. The van der Waals surface area contributed by atoms with Gasteiger partial charge in [0.15, 0.2) is 0 Å². The lowest BCUT2D eigenvalue weighted by molar-refractivity contribution is -0.134. The summed E-state index contributed by atoms with van der Waals surface area (Å²) in [6, 6.07) is 13.6. The molecule has 2 aromatic carbocycles. The molecular weight excluding hydrogens is 276 g/mol. The second-order valence-corrected chi connectivity index (χ2v) is 5.17. The Labute approximate surface area is 131 Å². The van der Waals surface area contributed by atoms with Crippen molar-refractivity contribution in [3.8, 4) is 11.5 Å². The Hall–Kier alpha value is -2.29. The van der Waals surface area contributed by atoms with Crippen molar-refractivity contribution in [1.82, 2.24) is 0 Å². The van der Waals surface area contributed by atoms with E-state index >= 15 is 0 Å². The minimum Gasteiger partial charge on any atom is -0.489 e. The third-order valence-corrected chi connectivity index (χ3v) is 3.57. The molecule has 3 heteroatoms. The second kappa shape index (κ2) is 7.64. The van der Waals surface area contributed by atoms with Gasteiger partial charge in [-0.2, -0.15) is 0 Å². The van der Waals surface area contributed by atoms with Crippen LogP contribution in [0.5, 0.6) is 11.5 Å². The molecule has 0 aliphatic carbocycles. The van der Waals surface area contributed by atoms with E-state index < -0.39 is 0 Å². The molecule has 0 spiro atoms. The molecule has 0 N–H and O–H groups in total. The van der Waals surface area contributed by atoms with Crippen LogP contribution in [0.4, 0.5) is 0 Å². The number of esters is 1. The Morgan fingerprint density at radius 2 is 1.82 bits per heavy atom. The van der Waals surface area contributed by atoms with Crippen molar-refractivity contribution in [1.29, 1.82) is 0 Å². The van der Waals surface area contributed by atoms with Crippen molar-refractivity contribution in [3.05, 3.63) is 59.2 Å². The van der Waals surface area contributed by atoms with Gasteiger partial charge in [0.05, 0.1) is 0 Å². The molecule has 0 unspecified atom stereocenters. The van der Waals surface area contributed by atoms with E-state index in [1.807, 2.05) is 30.3 Å². The van der Waals surface area contributed by atoms with Gasteiger partial charge in [-0.05, 0) is 42.7 Å². The Kier molecular flexibility index (Phi) is 5.59. The molecule has 0 fully saturated rings. The van der Waals surface area contributed by atoms with E-state index in [-0.39, 0.29) is 5.97 Å². The molecule has 0 bridgehead atoms. The van der Waals surface area contributed by atoms with Crippen molar-refractivity contribution in [2.45, 2.75) is 40.2 Å². The first-order chi connectivity index (χ1) is 10.6. The molecule has 0 aromatic heterocycles. The van der Waals surface area contributed by atoms with Crippen LogP contribution in [0, 0.1) is 6.92 Å². The molecule has 0 heterocycles. The normalized spacial score (nSPS) is 10.3. The van der Waals surface area contributed by atoms with Crippen molar-refractivity contribution in [2.75, 3.05) is 0 Å². The molecule has 116 valence electrons. The Bertz CT molecular complexity index is 647. The fraction of sp³-hybridized carbons (Fsp3) is 0.316. The molecule has 0 atom stereocenters. The third kappa shape index (κ3) is 4.10. The molecule has 0 saturated heterocycles. The number of para-hydroxylation sites is 1. The minimum absolute atomic E-state index is 0.240. The van der Waals surface area contributed by atoms with E-state index in [1.165, 1.54) is 11.1 Å². The molecule has 0 radical (unpaired) electrons. The van der Waals surface area contributed by atoms with Crippen LogP contribution in [0.3, 0.4) is 0 Å². The first kappa shape index (κ1) is 16.1. The first-order valence-corrected chi connectivity index (χ1v) is 7.65.